The second-order valence-electron chi connectivity index (χ2n) is 2.92. The van der Waals surface area contributed by atoms with E-state index < -0.39 is 5.97 Å². The summed E-state index contributed by atoms with van der Waals surface area (Å²) >= 11 is 5.79. The Bertz CT molecular complexity index is 391. The number of carboxylic acids is 1. The molecule has 14 heavy (non-hydrogen) atoms. The molecule has 0 unspecified atom stereocenters. The molecule has 0 aliphatic heterocycles. The standard InChI is InChI=1S/C9H11ClN2O2/c1-3-5-6(9(13)14)7(11)4(2)8(10)12-5/h3H2,1-2H3,(H2,11,12)(H,13,14). The van der Waals surface area contributed by atoms with Gasteiger partial charge in [0.1, 0.15) is 10.7 Å². The summed E-state index contributed by atoms with van der Waals surface area (Å²) in [6.07, 6.45) is 0.492. The first kappa shape index (κ1) is 10.8. The molecular weight excluding hydrogens is 204 g/mol. The molecule has 0 fully saturated rings. The van der Waals surface area contributed by atoms with Crippen molar-refractivity contribution >= 4 is 23.3 Å². The molecule has 0 aliphatic carbocycles. The number of aromatic carboxylic acids is 1. The van der Waals surface area contributed by atoms with Gasteiger partial charge in [-0.15, -0.1) is 0 Å². The number of aromatic nitrogens is 1. The van der Waals surface area contributed by atoms with E-state index in [0.717, 1.165) is 0 Å². The zero-order valence-corrected chi connectivity index (χ0v) is 8.72. The molecule has 0 spiro atoms. The summed E-state index contributed by atoms with van der Waals surface area (Å²) in [6.45, 7) is 3.45. The summed E-state index contributed by atoms with van der Waals surface area (Å²) in [4.78, 5) is 14.9. The summed E-state index contributed by atoms with van der Waals surface area (Å²) in [7, 11) is 0. The van der Waals surface area contributed by atoms with Gasteiger partial charge >= 0.3 is 5.97 Å². The summed E-state index contributed by atoms with van der Waals surface area (Å²) in [6, 6.07) is 0. The third-order valence-electron chi connectivity index (χ3n) is 2.05. The number of nitrogens with zero attached hydrogens (tertiary/aromatic N) is 1. The average molecular weight is 215 g/mol. The fraction of sp³-hybridized carbons (Fsp3) is 0.333. The molecule has 4 nitrogen and oxygen atoms in total. The van der Waals surface area contributed by atoms with Gasteiger partial charge < -0.3 is 10.8 Å². The Hall–Kier alpha value is -1.29. The van der Waals surface area contributed by atoms with Gasteiger partial charge in [-0.25, -0.2) is 9.78 Å². The third kappa shape index (κ3) is 1.65. The Morgan fingerprint density at radius 2 is 2.21 bits per heavy atom. The first-order valence-electron chi connectivity index (χ1n) is 4.16. The maximum atomic E-state index is 10.9. The summed E-state index contributed by atoms with van der Waals surface area (Å²) in [5.74, 6) is -1.06. The molecule has 1 aromatic heterocycles. The van der Waals surface area contributed by atoms with E-state index in [2.05, 4.69) is 4.98 Å². The number of halogens is 1. The predicted octanol–water partition coefficient (Wildman–Crippen LogP) is 1.89. The van der Waals surface area contributed by atoms with Gasteiger partial charge in [0, 0.05) is 5.56 Å². The number of nitrogens with two attached hydrogens (primary N) is 1. The highest BCUT2D eigenvalue weighted by Crippen LogP contribution is 2.25. The molecule has 0 aliphatic rings. The molecule has 76 valence electrons. The number of nitrogen functional groups attached to an aromatic ring is 1. The smallest absolute Gasteiger partial charge is 0.339 e. The van der Waals surface area contributed by atoms with Crippen LogP contribution in [0.4, 0.5) is 5.69 Å². The molecule has 0 saturated heterocycles. The molecule has 1 heterocycles. The van der Waals surface area contributed by atoms with Gasteiger partial charge in [-0.3, -0.25) is 0 Å². The highest BCUT2D eigenvalue weighted by atomic mass is 35.5. The number of hydrogen-bond acceptors (Lipinski definition) is 3. The molecule has 1 aromatic rings. The Morgan fingerprint density at radius 1 is 1.64 bits per heavy atom. The van der Waals surface area contributed by atoms with Crippen molar-refractivity contribution in [3.05, 3.63) is 22.0 Å². The van der Waals surface area contributed by atoms with E-state index in [1.807, 2.05) is 0 Å². The van der Waals surface area contributed by atoms with Crippen LogP contribution in [0.1, 0.15) is 28.5 Å². The van der Waals surface area contributed by atoms with Crippen LogP contribution in [-0.4, -0.2) is 16.1 Å². The van der Waals surface area contributed by atoms with Crippen molar-refractivity contribution in [3.8, 4) is 0 Å². The van der Waals surface area contributed by atoms with Crippen molar-refractivity contribution in [2.45, 2.75) is 20.3 Å². The normalized spacial score (nSPS) is 10.2. The SMILES string of the molecule is CCc1nc(Cl)c(C)c(N)c1C(=O)O. The molecule has 0 atom stereocenters. The largest absolute Gasteiger partial charge is 0.478 e. The number of carbonyl (C=O) groups is 1. The highest BCUT2D eigenvalue weighted by molar-refractivity contribution is 6.30. The van der Waals surface area contributed by atoms with Crippen LogP contribution >= 0.6 is 11.6 Å². The second kappa shape index (κ2) is 3.84. The third-order valence-corrected chi connectivity index (χ3v) is 2.42. The molecule has 5 heteroatoms. The van der Waals surface area contributed by atoms with E-state index in [9.17, 15) is 4.79 Å². The van der Waals surface area contributed by atoms with Crippen molar-refractivity contribution in [1.29, 1.82) is 0 Å². The van der Waals surface area contributed by atoms with Crippen LogP contribution in [0.2, 0.25) is 5.15 Å². The lowest BCUT2D eigenvalue weighted by molar-refractivity contribution is 0.0696. The first-order valence-corrected chi connectivity index (χ1v) is 4.54. The Balaban J connectivity index is 3.53. The first-order chi connectivity index (χ1) is 6.49. The van der Waals surface area contributed by atoms with Crippen molar-refractivity contribution in [2.24, 2.45) is 0 Å². The minimum Gasteiger partial charge on any atom is -0.478 e. The maximum Gasteiger partial charge on any atom is 0.339 e. The molecule has 0 amide bonds. The molecular formula is C9H11ClN2O2. The lowest BCUT2D eigenvalue weighted by atomic mass is 10.1. The van der Waals surface area contributed by atoms with Gasteiger partial charge in [-0.05, 0) is 13.3 Å². The zero-order chi connectivity index (χ0) is 10.9. The zero-order valence-electron chi connectivity index (χ0n) is 7.97. The van der Waals surface area contributed by atoms with Crippen molar-refractivity contribution in [2.75, 3.05) is 5.73 Å². The van der Waals surface area contributed by atoms with Crippen molar-refractivity contribution in [1.82, 2.24) is 4.98 Å². The quantitative estimate of drug-likeness (QED) is 0.737. The molecule has 1 rings (SSSR count). The van der Waals surface area contributed by atoms with Gasteiger partial charge in [-0.2, -0.15) is 0 Å². The van der Waals surface area contributed by atoms with E-state index in [0.29, 0.717) is 17.7 Å². The number of aryl methyl sites for hydroxylation is 1. The minimum absolute atomic E-state index is 0.0643. The Kier molecular flexibility index (Phi) is 2.96. The van der Waals surface area contributed by atoms with Gasteiger partial charge in [0.05, 0.1) is 11.4 Å². The summed E-state index contributed by atoms with van der Waals surface area (Å²) in [5.41, 5.74) is 6.86. The molecule has 0 radical (unpaired) electrons. The lowest BCUT2D eigenvalue weighted by Gasteiger charge is -2.10. The predicted molar refractivity (Wildman–Crippen MR) is 54.7 cm³/mol. The van der Waals surface area contributed by atoms with E-state index in [4.69, 9.17) is 22.4 Å². The molecule has 0 saturated carbocycles. The lowest BCUT2D eigenvalue weighted by Crippen LogP contribution is -2.10. The number of anilines is 1. The molecule has 3 N–H and O–H groups in total. The second-order valence-corrected chi connectivity index (χ2v) is 3.28. The van der Waals surface area contributed by atoms with Gasteiger partial charge in [0.2, 0.25) is 0 Å². The topological polar surface area (TPSA) is 76.2 Å². The van der Waals surface area contributed by atoms with Gasteiger partial charge in [-0.1, -0.05) is 18.5 Å². The van der Waals surface area contributed by atoms with E-state index in [1.165, 1.54) is 0 Å². The van der Waals surface area contributed by atoms with Crippen molar-refractivity contribution in [3.63, 3.8) is 0 Å². The maximum absolute atomic E-state index is 10.9. The van der Waals surface area contributed by atoms with Crippen LogP contribution in [0.25, 0.3) is 0 Å². The number of carboxylic acid groups (broad SMARTS) is 1. The fourth-order valence-electron chi connectivity index (χ4n) is 1.21. The van der Waals surface area contributed by atoms with Crippen LogP contribution in [0.3, 0.4) is 0 Å². The number of rotatable bonds is 2. The number of hydrogen-bond donors (Lipinski definition) is 2. The molecule has 0 bridgehead atoms. The van der Waals surface area contributed by atoms with Gasteiger partial charge in [0.25, 0.3) is 0 Å². The molecule has 0 aromatic carbocycles. The summed E-state index contributed by atoms with van der Waals surface area (Å²) < 4.78 is 0. The summed E-state index contributed by atoms with van der Waals surface area (Å²) in [5, 5.41) is 9.20. The van der Waals surface area contributed by atoms with Gasteiger partial charge in [0.15, 0.2) is 0 Å². The van der Waals surface area contributed by atoms with E-state index >= 15 is 0 Å². The van der Waals surface area contributed by atoms with Crippen molar-refractivity contribution < 1.29 is 9.90 Å². The van der Waals surface area contributed by atoms with Crippen LogP contribution in [0.5, 0.6) is 0 Å². The minimum atomic E-state index is -1.06. The Morgan fingerprint density at radius 3 is 2.64 bits per heavy atom. The average Bonchev–Trinajstić information content (AvgIpc) is 2.12. The number of pyridine rings is 1. The van der Waals surface area contributed by atoms with E-state index in [1.54, 1.807) is 13.8 Å². The van der Waals surface area contributed by atoms with Crippen LogP contribution in [0.15, 0.2) is 0 Å². The highest BCUT2D eigenvalue weighted by Gasteiger charge is 2.18. The van der Waals surface area contributed by atoms with Crippen LogP contribution in [-0.2, 0) is 6.42 Å². The van der Waals surface area contributed by atoms with E-state index in [-0.39, 0.29) is 16.4 Å². The fourth-order valence-corrected chi connectivity index (χ4v) is 1.41. The monoisotopic (exact) mass is 214 g/mol. The Labute approximate surface area is 86.7 Å². The van der Waals surface area contributed by atoms with Crippen LogP contribution in [0, 0.1) is 6.92 Å². The van der Waals surface area contributed by atoms with Crippen LogP contribution < -0.4 is 5.73 Å².